The van der Waals surface area contributed by atoms with Crippen LogP contribution in [0.1, 0.15) is 38.5 Å². The molecule has 0 aliphatic heterocycles. The second-order valence-corrected chi connectivity index (χ2v) is 8.30. The molecule has 4 bridgehead atoms. The van der Waals surface area contributed by atoms with Crippen LogP contribution in [-0.4, -0.2) is 34.2 Å². The molecular formula is C17H24N4OS. The molecule has 1 amide bonds. The Morgan fingerprint density at radius 3 is 2.52 bits per heavy atom. The SMILES string of the molecule is CSc1nccc(NCC(=O)NC23CC4CC(CC(C4)C2)C3)n1. The lowest BCUT2D eigenvalue weighted by Crippen LogP contribution is -2.60. The standard InChI is InChI=1S/C17H24N4OS/c1-23-16-18-3-2-14(20-16)19-10-15(22)21-17-7-11-4-12(8-17)6-13(5-11)9-17/h2-3,11-13H,4-10H2,1H3,(H,21,22)(H,18,19,20). The number of hydrogen-bond acceptors (Lipinski definition) is 5. The molecule has 6 heteroatoms. The van der Waals surface area contributed by atoms with E-state index in [4.69, 9.17) is 0 Å². The number of carbonyl (C=O) groups is 1. The predicted octanol–water partition coefficient (Wildman–Crippen LogP) is 2.70. The molecule has 0 saturated heterocycles. The maximum atomic E-state index is 12.4. The van der Waals surface area contributed by atoms with Crippen molar-refractivity contribution in [3.05, 3.63) is 12.3 Å². The summed E-state index contributed by atoms with van der Waals surface area (Å²) in [5.74, 6) is 3.35. The molecule has 23 heavy (non-hydrogen) atoms. The largest absolute Gasteiger partial charge is 0.361 e. The van der Waals surface area contributed by atoms with Gasteiger partial charge in [0.25, 0.3) is 0 Å². The third-order valence-corrected chi connectivity index (χ3v) is 6.25. The molecule has 0 atom stereocenters. The fourth-order valence-electron chi connectivity index (χ4n) is 5.31. The summed E-state index contributed by atoms with van der Waals surface area (Å²) in [5, 5.41) is 7.22. The number of rotatable bonds is 5. The van der Waals surface area contributed by atoms with Crippen molar-refractivity contribution in [1.82, 2.24) is 15.3 Å². The van der Waals surface area contributed by atoms with Crippen molar-refractivity contribution >= 4 is 23.5 Å². The molecule has 0 radical (unpaired) electrons. The van der Waals surface area contributed by atoms with Gasteiger partial charge in [-0.3, -0.25) is 4.79 Å². The van der Waals surface area contributed by atoms with Crippen molar-refractivity contribution in [2.45, 2.75) is 49.2 Å². The molecule has 2 N–H and O–H groups in total. The third kappa shape index (κ3) is 3.18. The Bertz CT molecular complexity index is 571. The highest BCUT2D eigenvalue weighted by molar-refractivity contribution is 7.98. The number of aromatic nitrogens is 2. The van der Waals surface area contributed by atoms with E-state index in [0.29, 0.717) is 5.82 Å². The Labute approximate surface area is 141 Å². The van der Waals surface area contributed by atoms with Crippen LogP contribution in [0.4, 0.5) is 5.82 Å². The van der Waals surface area contributed by atoms with Gasteiger partial charge in [-0.05, 0) is 68.6 Å². The van der Waals surface area contributed by atoms with Gasteiger partial charge in [-0.2, -0.15) is 0 Å². The molecule has 1 aromatic rings. The topological polar surface area (TPSA) is 66.9 Å². The van der Waals surface area contributed by atoms with E-state index >= 15 is 0 Å². The van der Waals surface area contributed by atoms with Crippen LogP contribution in [0.15, 0.2) is 17.4 Å². The van der Waals surface area contributed by atoms with Gasteiger partial charge in [0.05, 0.1) is 6.54 Å². The fourth-order valence-corrected chi connectivity index (χ4v) is 5.67. The van der Waals surface area contributed by atoms with E-state index < -0.39 is 0 Å². The Morgan fingerprint density at radius 1 is 1.26 bits per heavy atom. The van der Waals surface area contributed by atoms with E-state index in [1.54, 1.807) is 12.3 Å². The van der Waals surface area contributed by atoms with Crippen LogP contribution in [0.5, 0.6) is 0 Å². The van der Waals surface area contributed by atoms with Crippen molar-refractivity contribution in [1.29, 1.82) is 0 Å². The zero-order valence-corrected chi connectivity index (χ0v) is 14.4. The van der Waals surface area contributed by atoms with Crippen LogP contribution in [0.25, 0.3) is 0 Å². The van der Waals surface area contributed by atoms with Gasteiger partial charge in [0, 0.05) is 11.7 Å². The van der Waals surface area contributed by atoms with Crippen LogP contribution in [0, 0.1) is 17.8 Å². The molecule has 0 unspecified atom stereocenters. The van der Waals surface area contributed by atoms with Gasteiger partial charge in [0.2, 0.25) is 5.91 Å². The zero-order valence-electron chi connectivity index (χ0n) is 13.5. The van der Waals surface area contributed by atoms with Crippen molar-refractivity contribution in [2.75, 3.05) is 18.1 Å². The lowest BCUT2D eigenvalue weighted by Gasteiger charge is -2.56. The maximum absolute atomic E-state index is 12.4. The van der Waals surface area contributed by atoms with Gasteiger partial charge < -0.3 is 10.6 Å². The molecule has 0 spiro atoms. The summed E-state index contributed by atoms with van der Waals surface area (Å²) >= 11 is 1.50. The number of carbonyl (C=O) groups excluding carboxylic acids is 1. The lowest BCUT2D eigenvalue weighted by atomic mass is 9.53. The Balaban J connectivity index is 1.35. The highest BCUT2D eigenvalue weighted by Crippen LogP contribution is 2.55. The Morgan fingerprint density at radius 2 is 1.91 bits per heavy atom. The highest BCUT2D eigenvalue weighted by Gasteiger charge is 2.51. The highest BCUT2D eigenvalue weighted by atomic mass is 32.2. The Hall–Kier alpha value is -1.30. The van der Waals surface area contributed by atoms with Crippen LogP contribution < -0.4 is 10.6 Å². The van der Waals surface area contributed by atoms with Gasteiger partial charge in [0.15, 0.2) is 5.16 Å². The van der Waals surface area contributed by atoms with Crippen LogP contribution in [0.3, 0.4) is 0 Å². The lowest BCUT2D eigenvalue weighted by molar-refractivity contribution is -0.125. The smallest absolute Gasteiger partial charge is 0.239 e. The summed E-state index contributed by atoms with van der Waals surface area (Å²) in [4.78, 5) is 20.9. The van der Waals surface area contributed by atoms with E-state index in [1.165, 1.54) is 50.3 Å². The molecule has 1 heterocycles. The second-order valence-electron chi connectivity index (χ2n) is 7.53. The first-order valence-electron chi connectivity index (χ1n) is 8.56. The number of nitrogens with zero attached hydrogens (tertiary/aromatic N) is 2. The number of nitrogens with one attached hydrogen (secondary N) is 2. The average Bonchev–Trinajstić information content (AvgIpc) is 2.51. The van der Waals surface area contributed by atoms with Gasteiger partial charge in [-0.25, -0.2) is 9.97 Å². The molecule has 124 valence electrons. The Kier molecular flexibility index (Phi) is 3.95. The van der Waals surface area contributed by atoms with Crippen molar-refractivity contribution in [3.63, 3.8) is 0 Å². The second kappa shape index (κ2) is 5.96. The number of anilines is 1. The first-order chi connectivity index (χ1) is 11.1. The summed E-state index contributed by atoms with van der Waals surface area (Å²) < 4.78 is 0. The summed E-state index contributed by atoms with van der Waals surface area (Å²) in [7, 11) is 0. The van der Waals surface area contributed by atoms with Gasteiger partial charge in [-0.1, -0.05) is 11.8 Å². The average molecular weight is 332 g/mol. The molecule has 0 aromatic carbocycles. The van der Waals surface area contributed by atoms with Gasteiger partial charge in [0.1, 0.15) is 5.82 Å². The molecular weight excluding hydrogens is 308 g/mol. The zero-order chi connectivity index (χ0) is 15.9. The molecule has 1 aromatic heterocycles. The van der Waals surface area contributed by atoms with Crippen LogP contribution >= 0.6 is 11.8 Å². The normalized spacial score (nSPS) is 34.4. The van der Waals surface area contributed by atoms with Crippen LogP contribution in [0.2, 0.25) is 0 Å². The molecule has 5 rings (SSSR count). The quantitative estimate of drug-likeness (QED) is 0.641. The third-order valence-electron chi connectivity index (χ3n) is 5.69. The molecule has 4 fully saturated rings. The first kappa shape index (κ1) is 15.2. The predicted molar refractivity (Wildman–Crippen MR) is 91.3 cm³/mol. The molecule has 5 nitrogen and oxygen atoms in total. The number of thioether (sulfide) groups is 1. The molecule has 4 aliphatic rings. The van der Waals surface area contributed by atoms with E-state index in [9.17, 15) is 4.79 Å². The number of hydrogen-bond donors (Lipinski definition) is 2. The number of amides is 1. The minimum Gasteiger partial charge on any atom is -0.361 e. The van der Waals surface area contributed by atoms with Crippen molar-refractivity contribution in [3.8, 4) is 0 Å². The van der Waals surface area contributed by atoms with Crippen molar-refractivity contribution < 1.29 is 4.79 Å². The summed E-state index contributed by atoms with van der Waals surface area (Å²) in [5.41, 5.74) is 0.0869. The summed E-state index contributed by atoms with van der Waals surface area (Å²) in [6.45, 7) is 0.284. The van der Waals surface area contributed by atoms with Gasteiger partial charge >= 0.3 is 0 Å². The van der Waals surface area contributed by atoms with E-state index in [1.807, 2.05) is 6.26 Å². The van der Waals surface area contributed by atoms with Gasteiger partial charge in [-0.15, -0.1) is 0 Å². The first-order valence-corrected chi connectivity index (χ1v) is 9.78. The van der Waals surface area contributed by atoms with Crippen LogP contribution in [-0.2, 0) is 4.79 Å². The van der Waals surface area contributed by atoms with E-state index in [2.05, 4.69) is 20.6 Å². The van der Waals surface area contributed by atoms with Crippen molar-refractivity contribution in [2.24, 2.45) is 17.8 Å². The maximum Gasteiger partial charge on any atom is 0.239 e. The van der Waals surface area contributed by atoms with E-state index in [0.717, 1.165) is 22.9 Å². The summed E-state index contributed by atoms with van der Waals surface area (Å²) in [6.07, 6.45) is 11.4. The molecule has 4 aliphatic carbocycles. The van der Waals surface area contributed by atoms with E-state index in [-0.39, 0.29) is 18.0 Å². The molecule has 4 saturated carbocycles. The fraction of sp³-hybridized carbons (Fsp3) is 0.706. The minimum atomic E-state index is 0.0869. The minimum absolute atomic E-state index is 0.0869. The summed E-state index contributed by atoms with van der Waals surface area (Å²) in [6, 6.07) is 1.80. The monoisotopic (exact) mass is 332 g/mol.